The molecule has 0 aliphatic rings. The van der Waals surface area contributed by atoms with Gasteiger partial charge in [0.25, 0.3) is 0 Å². The van der Waals surface area contributed by atoms with Crippen LogP contribution in [-0.2, 0) is 9.53 Å². The molecular formula is C30H52N2O3. The predicted molar refractivity (Wildman–Crippen MR) is 146 cm³/mol. The van der Waals surface area contributed by atoms with Crippen LogP contribution >= 0.6 is 0 Å². The van der Waals surface area contributed by atoms with Crippen LogP contribution in [-0.4, -0.2) is 17.6 Å². The van der Waals surface area contributed by atoms with E-state index in [2.05, 4.69) is 41.5 Å². The monoisotopic (exact) mass is 488 g/mol. The smallest absolute Gasteiger partial charge is 0.426 e. The molecule has 0 saturated heterocycles. The van der Waals surface area contributed by atoms with E-state index in [1.54, 1.807) is 20.8 Å². The highest BCUT2D eigenvalue weighted by molar-refractivity contribution is 5.79. The third kappa shape index (κ3) is 28.0. The molecule has 0 aromatic carbocycles. The molecule has 5 heteroatoms. The van der Waals surface area contributed by atoms with Crippen molar-refractivity contribution in [2.75, 3.05) is 0 Å². The van der Waals surface area contributed by atoms with Gasteiger partial charge in [0.2, 0.25) is 5.91 Å². The summed E-state index contributed by atoms with van der Waals surface area (Å²) in [5.74, 6) is 12.1. The average Bonchev–Trinajstić information content (AvgIpc) is 2.80. The summed E-state index contributed by atoms with van der Waals surface area (Å²) >= 11 is 0. The minimum absolute atomic E-state index is 0.194. The lowest BCUT2D eigenvalue weighted by Crippen LogP contribution is -2.44. The molecular weight excluding hydrogens is 436 g/mol. The second-order valence-electron chi connectivity index (χ2n) is 10.3. The van der Waals surface area contributed by atoms with E-state index >= 15 is 0 Å². The molecule has 0 fully saturated rings. The van der Waals surface area contributed by atoms with Gasteiger partial charge in [-0.2, -0.15) is 0 Å². The summed E-state index contributed by atoms with van der Waals surface area (Å²) in [6, 6.07) is 0. The summed E-state index contributed by atoms with van der Waals surface area (Å²) in [7, 11) is 0. The molecule has 0 spiro atoms. The molecule has 0 radical (unpaired) electrons. The minimum atomic E-state index is -0.644. The van der Waals surface area contributed by atoms with E-state index in [9.17, 15) is 9.59 Å². The molecule has 35 heavy (non-hydrogen) atoms. The van der Waals surface area contributed by atoms with Gasteiger partial charge >= 0.3 is 6.09 Å². The number of hydrogen-bond donors (Lipinski definition) is 2. The first kappa shape index (κ1) is 32.9. The predicted octanol–water partition coefficient (Wildman–Crippen LogP) is 7.98. The van der Waals surface area contributed by atoms with Crippen LogP contribution in [0.4, 0.5) is 4.79 Å². The number of amides is 2. The summed E-state index contributed by atoms with van der Waals surface area (Å²) in [6.07, 6.45) is 21.6. The number of unbranched alkanes of at least 4 members (excludes halogenated alkanes) is 16. The Morgan fingerprint density at radius 1 is 0.629 bits per heavy atom. The topological polar surface area (TPSA) is 67.4 Å². The number of carbonyl (C=O) groups is 2. The molecule has 0 rings (SSSR count). The number of rotatable bonds is 18. The number of carbonyl (C=O) groups excluding carboxylic acids is 2. The zero-order valence-corrected chi connectivity index (χ0v) is 23.2. The van der Waals surface area contributed by atoms with E-state index in [1.807, 2.05) is 0 Å². The highest BCUT2D eigenvalue weighted by Gasteiger charge is 2.16. The molecule has 0 bridgehead atoms. The van der Waals surface area contributed by atoms with Crippen LogP contribution in [0.15, 0.2) is 0 Å². The van der Waals surface area contributed by atoms with Gasteiger partial charge in [0.05, 0.1) is 0 Å². The third-order valence-corrected chi connectivity index (χ3v) is 5.55. The summed E-state index contributed by atoms with van der Waals surface area (Å²) in [6.45, 7) is 7.59. The second kappa shape index (κ2) is 23.6. The summed E-state index contributed by atoms with van der Waals surface area (Å²) in [5, 5.41) is 0. The fraction of sp³-hybridized carbons (Fsp3) is 0.800. The minimum Gasteiger partial charge on any atom is -0.443 e. The fourth-order valence-corrected chi connectivity index (χ4v) is 3.61. The molecule has 0 heterocycles. The molecule has 0 aromatic heterocycles. The van der Waals surface area contributed by atoms with Crippen LogP contribution in [0, 0.1) is 23.7 Å². The molecule has 2 N–H and O–H groups in total. The van der Waals surface area contributed by atoms with Gasteiger partial charge in [-0.05, 0) is 51.9 Å². The Morgan fingerprint density at radius 2 is 1.06 bits per heavy atom. The van der Waals surface area contributed by atoms with Crippen molar-refractivity contribution in [3.05, 3.63) is 0 Å². The molecule has 200 valence electrons. The Morgan fingerprint density at radius 3 is 1.51 bits per heavy atom. The summed E-state index contributed by atoms with van der Waals surface area (Å²) < 4.78 is 5.06. The molecule has 0 atom stereocenters. The maximum Gasteiger partial charge on any atom is 0.426 e. The molecule has 2 amide bonds. The standard InChI is InChI=1S/C30H52N2O3/c1-5-6-7-8-9-10-11-12-13-14-15-16-17-18-19-20-21-22-23-24-25-26-27-28(33)31-32-29(34)35-30(2,3)4/h5-15,20-27H2,1-4H3,(H,31,33)(H,32,34). The highest BCUT2D eigenvalue weighted by Crippen LogP contribution is 2.11. The lowest BCUT2D eigenvalue weighted by Gasteiger charge is -2.19. The van der Waals surface area contributed by atoms with E-state index in [-0.39, 0.29) is 5.91 Å². The van der Waals surface area contributed by atoms with Crippen molar-refractivity contribution in [3.63, 3.8) is 0 Å². The maximum absolute atomic E-state index is 11.7. The second-order valence-corrected chi connectivity index (χ2v) is 10.3. The van der Waals surface area contributed by atoms with Crippen molar-refractivity contribution in [3.8, 4) is 23.7 Å². The van der Waals surface area contributed by atoms with Gasteiger partial charge in [-0.3, -0.25) is 10.2 Å². The van der Waals surface area contributed by atoms with Crippen LogP contribution < -0.4 is 10.9 Å². The first-order valence-electron chi connectivity index (χ1n) is 14.1. The van der Waals surface area contributed by atoms with Crippen LogP contribution in [0.5, 0.6) is 0 Å². The summed E-state index contributed by atoms with van der Waals surface area (Å²) in [5.41, 5.74) is 4.07. The Labute approximate surface area is 216 Å². The number of hydrogen-bond acceptors (Lipinski definition) is 3. The van der Waals surface area contributed by atoms with Gasteiger partial charge in [-0.25, -0.2) is 10.2 Å². The SMILES string of the molecule is CCCCCCCCCCCCC#CC#CCCCCCCCCC(=O)NNC(=O)OC(C)(C)C. The van der Waals surface area contributed by atoms with Crippen molar-refractivity contribution in [2.24, 2.45) is 0 Å². The summed E-state index contributed by atoms with van der Waals surface area (Å²) in [4.78, 5) is 23.2. The highest BCUT2D eigenvalue weighted by atomic mass is 16.6. The van der Waals surface area contributed by atoms with E-state index in [0.717, 1.165) is 51.4 Å². The average molecular weight is 489 g/mol. The van der Waals surface area contributed by atoms with Crippen LogP contribution in [0.25, 0.3) is 0 Å². The van der Waals surface area contributed by atoms with Gasteiger partial charge in [-0.1, -0.05) is 102 Å². The first-order valence-corrected chi connectivity index (χ1v) is 14.1. The van der Waals surface area contributed by atoms with E-state index in [4.69, 9.17) is 4.74 Å². The fourth-order valence-electron chi connectivity index (χ4n) is 3.61. The van der Waals surface area contributed by atoms with Gasteiger partial charge in [0.1, 0.15) is 5.60 Å². The number of hydrazine groups is 1. The van der Waals surface area contributed by atoms with Crippen LogP contribution in [0.2, 0.25) is 0 Å². The number of ether oxygens (including phenoxy) is 1. The van der Waals surface area contributed by atoms with E-state index in [0.29, 0.717) is 6.42 Å². The van der Waals surface area contributed by atoms with Gasteiger partial charge in [-0.15, -0.1) is 0 Å². The maximum atomic E-state index is 11.7. The molecule has 5 nitrogen and oxygen atoms in total. The van der Waals surface area contributed by atoms with Crippen LogP contribution in [0.1, 0.15) is 150 Å². The van der Waals surface area contributed by atoms with Crippen molar-refractivity contribution in [1.82, 2.24) is 10.9 Å². The van der Waals surface area contributed by atoms with Gasteiger partial charge in [0, 0.05) is 19.3 Å². The van der Waals surface area contributed by atoms with Crippen molar-refractivity contribution in [1.29, 1.82) is 0 Å². The largest absolute Gasteiger partial charge is 0.443 e. The van der Waals surface area contributed by atoms with Crippen molar-refractivity contribution < 1.29 is 14.3 Å². The Kier molecular flexibility index (Phi) is 22.2. The first-order chi connectivity index (χ1) is 16.8. The molecule has 0 aromatic rings. The normalized spacial score (nSPS) is 10.5. The lowest BCUT2D eigenvalue weighted by atomic mass is 10.1. The molecule has 0 aliphatic heterocycles. The Balaban J connectivity index is 3.42. The van der Waals surface area contributed by atoms with Crippen molar-refractivity contribution in [2.45, 2.75) is 155 Å². The third-order valence-electron chi connectivity index (χ3n) is 5.55. The Bertz CT molecular complexity index is 659. The van der Waals surface area contributed by atoms with Gasteiger partial charge < -0.3 is 4.74 Å². The lowest BCUT2D eigenvalue weighted by molar-refractivity contribution is -0.122. The zero-order chi connectivity index (χ0) is 26.0. The number of nitrogens with one attached hydrogen (secondary N) is 2. The molecule has 0 aliphatic carbocycles. The molecule has 0 unspecified atom stereocenters. The van der Waals surface area contributed by atoms with E-state index < -0.39 is 11.7 Å². The van der Waals surface area contributed by atoms with E-state index in [1.165, 1.54) is 64.2 Å². The molecule has 0 saturated carbocycles. The quantitative estimate of drug-likeness (QED) is 0.117. The zero-order valence-electron chi connectivity index (χ0n) is 23.2. The van der Waals surface area contributed by atoms with Crippen molar-refractivity contribution >= 4 is 12.0 Å². The van der Waals surface area contributed by atoms with Crippen LogP contribution in [0.3, 0.4) is 0 Å². The Hall–Kier alpha value is -2.14. The van der Waals surface area contributed by atoms with Gasteiger partial charge in [0.15, 0.2) is 0 Å².